The number of ketones is 1. The van der Waals surface area contributed by atoms with Gasteiger partial charge in [0.1, 0.15) is 18.2 Å². The number of hydrogen-bond acceptors (Lipinski definition) is 8. The number of aromatic amines is 1. The SMILES string of the molecule is CCCOc1ccc(C(=O)CCC(=O)OCc2nc3cc(C(=O)OC)ccc3c(=O)[nH]2)cc1. The van der Waals surface area contributed by atoms with Crippen LogP contribution in [0.2, 0.25) is 0 Å². The van der Waals surface area contributed by atoms with E-state index < -0.39 is 17.5 Å². The summed E-state index contributed by atoms with van der Waals surface area (Å²) in [7, 11) is 1.25. The van der Waals surface area contributed by atoms with E-state index in [4.69, 9.17) is 9.47 Å². The Morgan fingerprint density at radius 1 is 1.00 bits per heavy atom. The summed E-state index contributed by atoms with van der Waals surface area (Å²) in [6, 6.07) is 11.1. The van der Waals surface area contributed by atoms with Gasteiger partial charge in [0.15, 0.2) is 5.78 Å². The first-order valence-corrected chi connectivity index (χ1v) is 10.4. The number of hydrogen-bond donors (Lipinski definition) is 1. The number of ether oxygens (including phenoxy) is 3. The topological polar surface area (TPSA) is 125 Å². The van der Waals surface area contributed by atoms with Crippen molar-refractivity contribution in [2.45, 2.75) is 32.8 Å². The van der Waals surface area contributed by atoms with Crippen molar-refractivity contribution in [2.75, 3.05) is 13.7 Å². The lowest BCUT2D eigenvalue weighted by molar-refractivity contribution is -0.145. The molecular formula is C24H24N2O7. The molecule has 0 aliphatic heterocycles. The molecule has 0 radical (unpaired) electrons. The molecular weight excluding hydrogens is 428 g/mol. The lowest BCUT2D eigenvalue weighted by Gasteiger charge is -2.07. The number of fused-ring (bicyclic) bond motifs is 1. The Morgan fingerprint density at radius 3 is 2.42 bits per heavy atom. The molecule has 3 rings (SSSR count). The van der Waals surface area contributed by atoms with Crippen molar-refractivity contribution < 1.29 is 28.6 Å². The minimum atomic E-state index is -0.600. The number of methoxy groups -OCH3 is 1. The van der Waals surface area contributed by atoms with Crippen LogP contribution in [0.5, 0.6) is 5.75 Å². The Morgan fingerprint density at radius 2 is 1.73 bits per heavy atom. The van der Waals surface area contributed by atoms with Crippen LogP contribution in [0, 0.1) is 0 Å². The second-order valence-corrected chi connectivity index (χ2v) is 7.19. The predicted octanol–water partition coefficient (Wildman–Crippen LogP) is 3.20. The molecule has 33 heavy (non-hydrogen) atoms. The molecule has 0 fully saturated rings. The molecule has 0 saturated heterocycles. The van der Waals surface area contributed by atoms with Crippen LogP contribution in [0.3, 0.4) is 0 Å². The van der Waals surface area contributed by atoms with Gasteiger partial charge in [0, 0.05) is 12.0 Å². The van der Waals surface area contributed by atoms with Crippen molar-refractivity contribution in [3.8, 4) is 5.75 Å². The van der Waals surface area contributed by atoms with Crippen molar-refractivity contribution in [1.29, 1.82) is 0 Å². The van der Waals surface area contributed by atoms with Gasteiger partial charge in [-0.1, -0.05) is 6.92 Å². The van der Waals surface area contributed by atoms with E-state index in [1.165, 1.54) is 25.3 Å². The largest absolute Gasteiger partial charge is 0.494 e. The Balaban J connectivity index is 1.56. The average molecular weight is 452 g/mol. The molecule has 0 saturated carbocycles. The highest BCUT2D eigenvalue weighted by Crippen LogP contribution is 2.15. The third-order valence-corrected chi connectivity index (χ3v) is 4.75. The van der Waals surface area contributed by atoms with Crippen LogP contribution in [-0.2, 0) is 20.9 Å². The molecule has 0 atom stereocenters. The maximum atomic E-state index is 12.3. The summed E-state index contributed by atoms with van der Waals surface area (Å²) >= 11 is 0. The molecule has 0 unspecified atom stereocenters. The zero-order chi connectivity index (χ0) is 23.8. The van der Waals surface area contributed by atoms with Crippen molar-refractivity contribution in [1.82, 2.24) is 9.97 Å². The normalized spacial score (nSPS) is 10.6. The number of benzene rings is 2. The van der Waals surface area contributed by atoms with Crippen LogP contribution in [0.4, 0.5) is 0 Å². The van der Waals surface area contributed by atoms with Gasteiger partial charge < -0.3 is 19.2 Å². The molecule has 0 aliphatic carbocycles. The predicted molar refractivity (Wildman–Crippen MR) is 119 cm³/mol. The molecule has 0 bridgehead atoms. The maximum Gasteiger partial charge on any atom is 0.337 e. The number of nitrogens with zero attached hydrogens (tertiary/aromatic N) is 1. The van der Waals surface area contributed by atoms with Gasteiger partial charge in [0.2, 0.25) is 0 Å². The highest BCUT2D eigenvalue weighted by Gasteiger charge is 2.13. The third-order valence-electron chi connectivity index (χ3n) is 4.75. The molecule has 9 nitrogen and oxygen atoms in total. The minimum absolute atomic E-state index is 0.0157. The number of rotatable bonds is 10. The number of carbonyl (C=O) groups excluding carboxylic acids is 3. The van der Waals surface area contributed by atoms with Crippen molar-refractivity contribution in [2.24, 2.45) is 0 Å². The Hall–Kier alpha value is -4.01. The highest BCUT2D eigenvalue weighted by molar-refractivity contribution is 5.97. The van der Waals surface area contributed by atoms with Crippen molar-refractivity contribution >= 4 is 28.6 Å². The van der Waals surface area contributed by atoms with Crippen LogP contribution in [-0.4, -0.2) is 41.4 Å². The van der Waals surface area contributed by atoms with Gasteiger partial charge in [0.25, 0.3) is 5.56 Å². The zero-order valence-corrected chi connectivity index (χ0v) is 18.4. The van der Waals surface area contributed by atoms with E-state index >= 15 is 0 Å². The molecule has 2 aromatic carbocycles. The number of aromatic nitrogens is 2. The van der Waals surface area contributed by atoms with Crippen molar-refractivity contribution in [3.63, 3.8) is 0 Å². The van der Waals surface area contributed by atoms with E-state index in [1.54, 1.807) is 24.3 Å². The van der Waals surface area contributed by atoms with E-state index in [0.717, 1.165) is 6.42 Å². The smallest absolute Gasteiger partial charge is 0.337 e. The van der Waals surface area contributed by atoms with Crippen LogP contribution in [0.1, 0.15) is 52.7 Å². The van der Waals surface area contributed by atoms with Crippen LogP contribution < -0.4 is 10.3 Å². The summed E-state index contributed by atoms with van der Waals surface area (Å²) in [5, 5.41) is 0.287. The number of nitrogens with one attached hydrogen (secondary N) is 1. The molecule has 1 heterocycles. The standard InChI is InChI=1S/C24H24N2O7/c1-3-12-32-17-7-4-15(5-8-17)20(27)10-11-22(28)33-14-21-25-19-13-16(24(30)31-2)6-9-18(19)23(29)26-21/h4-9,13H,3,10-12,14H2,1-2H3,(H,25,26,29). The molecule has 3 aromatic rings. The summed E-state index contributed by atoms with van der Waals surface area (Å²) < 4.78 is 15.3. The molecule has 0 amide bonds. The molecule has 0 spiro atoms. The summed E-state index contributed by atoms with van der Waals surface area (Å²) in [6.45, 7) is 2.33. The van der Waals surface area contributed by atoms with E-state index in [-0.39, 0.29) is 47.5 Å². The van der Waals surface area contributed by atoms with Crippen LogP contribution in [0.25, 0.3) is 10.9 Å². The third kappa shape index (κ3) is 6.25. The molecule has 1 aromatic heterocycles. The van der Waals surface area contributed by atoms with Gasteiger partial charge in [-0.05, 0) is 48.9 Å². The molecule has 1 N–H and O–H groups in total. The van der Waals surface area contributed by atoms with Crippen molar-refractivity contribution in [3.05, 3.63) is 69.8 Å². The van der Waals surface area contributed by atoms with Crippen LogP contribution >= 0.6 is 0 Å². The number of esters is 2. The lowest BCUT2D eigenvalue weighted by atomic mass is 10.1. The quantitative estimate of drug-likeness (QED) is 0.367. The summed E-state index contributed by atoms with van der Waals surface area (Å²) in [4.78, 5) is 55.1. The van der Waals surface area contributed by atoms with E-state index in [9.17, 15) is 19.2 Å². The molecule has 172 valence electrons. The van der Waals surface area contributed by atoms with Gasteiger partial charge in [-0.25, -0.2) is 9.78 Å². The first kappa shape index (κ1) is 23.6. The lowest BCUT2D eigenvalue weighted by Crippen LogP contribution is -2.15. The van der Waals surface area contributed by atoms with E-state index in [2.05, 4.69) is 14.7 Å². The monoisotopic (exact) mass is 452 g/mol. The van der Waals surface area contributed by atoms with Gasteiger partial charge in [-0.3, -0.25) is 14.4 Å². The fourth-order valence-corrected chi connectivity index (χ4v) is 3.04. The average Bonchev–Trinajstić information content (AvgIpc) is 2.84. The molecule has 9 heteroatoms. The maximum absolute atomic E-state index is 12.3. The number of H-pyrrole nitrogens is 1. The Bertz CT molecular complexity index is 1220. The fraction of sp³-hybridized carbons (Fsp3) is 0.292. The van der Waals surface area contributed by atoms with Gasteiger partial charge in [-0.2, -0.15) is 0 Å². The highest BCUT2D eigenvalue weighted by atomic mass is 16.5. The van der Waals surface area contributed by atoms with Gasteiger partial charge in [-0.15, -0.1) is 0 Å². The minimum Gasteiger partial charge on any atom is -0.494 e. The number of Topliss-reactive ketones (excluding diaryl/α,β-unsaturated/α-hetero) is 1. The molecule has 0 aliphatic rings. The Labute approximate surface area is 189 Å². The number of carbonyl (C=O) groups is 3. The van der Waals surface area contributed by atoms with E-state index in [1.807, 2.05) is 6.92 Å². The fourth-order valence-electron chi connectivity index (χ4n) is 3.04. The van der Waals surface area contributed by atoms with Crippen LogP contribution in [0.15, 0.2) is 47.3 Å². The second kappa shape index (κ2) is 11.0. The Kier molecular flexibility index (Phi) is 7.91. The van der Waals surface area contributed by atoms with Gasteiger partial charge >= 0.3 is 11.9 Å². The first-order chi connectivity index (χ1) is 15.9. The second-order valence-electron chi connectivity index (χ2n) is 7.19. The van der Waals surface area contributed by atoms with Gasteiger partial charge in [0.05, 0.1) is 36.6 Å². The zero-order valence-electron chi connectivity index (χ0n) is 18.4. The summed E-state index contributed by atoms with van der Waals surface area (Å²) in [5.74, 6) is -0.543. The summed E-state index contributed by atoms with van der Waals surface area (Å²) in [6.07, 6.45) is 0.759. The van der Waals surface area contributed by atoms with E-state index in [0.29, 0.717) is 17.9 Å². The first-order valence-electron chi connectivity index (χ1n) is 10.4. The summed E-state index contributed by atoms with van der Waals surface area (Å²) in [5.41, 5.74) is 0.571.